The van der Waals surface area contributed by atoms with Crippen molar-refractivity contribution in [3.8, 4) is 0 Å². The van der Waals surface area contributed by atoms with Gasteiger partial charge in [0.15, 0.2) is 0 Å². The van der Waals surface area contributed by atoms with Gasteiger partial charge in [0.25, 0.3) is 5.91 Å². The van der Waals surface area contributed by atoms with Gasteiger partial charge in [0.2, 0.25) is 0 Å². The third kappa shape index (κ3) is 2.53. The maximum Gasteiger partial charge on any atom is 0.257 e. The van der Waals surface area contributed by atoms with E-state index in [1.165, 1.54) is 6.07 Å². The molecule has 2 N–H and O–H groups in total. The molecule has 1 aliphatic rings. The van der Waals surface area contributed by atoms with Crippen LogP contribution in [0.2, 0.25) is 0 Å². The molecule has 0 aromatic heterocycles. The molecule has 2 aromatic rings. The summed E-state index contributed by atoms with van der Waals surface area (Å²) in [5.41, 5.74) is 8.87. The Kier molecular flexibility index (Phi) is 3.68. The Morgan fingerprint density at radius 1 is 1.24 bits per heavy atom. The normalized spacial score (nSPS) is 13.9. The molecule has 0 atom stereocenters. The van der Waals surface area contributed by atoms with Crippen LogP contribution in [0.5, 0.6) is 0 Å². The highest BCUT2D eigenvalue weighted by molar-refractivity contribution is 9.10. The van der Waals surface area contributed by atoms with Crippen molar-refractivity contribution in [2.24, 2.45) is 0 Å². The summed E-state index contributed by atoms with van der Waals surface area (Å²) in [4.78, 5) is 14.2. The van der Waals surface area contributed by atoms with Crippen LogP contribution < -0.4 is 5.73 Å². The minimum absolute atomic E-state index is 0.0855. The highest BCUT2D eigenvalue weighted by atomic mass is 79.9. The molecule has 0 aliphatic carbocycles. The lowest BCUT2D eigenvalue weighted by Crippen LogP contribution is -2.36. The number of fused-ring (bicyclic) bond motifs is 1. The molecular formula is C16H14BrFN2O. The zero-order valence-electron chi connectivity index (χ0n) is 11.3. The largest absolute Gasteiger partial charge is 0.398 e. The summed E-state index contributed by atoms with van der Waals surface area (Å²) in [5, 5.41) is 0. The van der Waals surface area contributed by atoms with E-state index in [0.717, 1.165) is 17.5 Å². The molecule has 108 valence electrons. The van der Waals surface area contributed by atoms with Crippen molar-refractivity contribution in [1.82, 2.24) is 4.90 Å². The maximum absolute atomic E-state index is 14.1. The number of halogens is 2. The van der Waals surface area contributed by atoms with E-state index in [9.17, 15) is 9.18 Å². The Morgan fingerprint density at radius 2 is 2.00 bits per heavy atom. The molecule has 3 rings (SSSR count). The lowest BCUT2D eigenvalue weighted by Gasteiger charge is -2.30. The van der Waals surface area contributed by atoms with Crippen LogP contribution in [-0.4, -0.2) is 17.4 Å². The first kappa shape index (κ1) is 14.1. The first-order valence-electron chi connectivity index (χ1n) is 6.67. The fourth-order valence-electron chi connectivity index (χ4n) is 2.62. The molecule has 0 spiro atoms. The van der Waals surface area contributed by atoms with Crippen LogP contribution in [0.4, 0.5) is 10.1 Å². The molecule has 0 fully saturated rings. The second-order valence-corrected chi connectivity index (χ2v) is 5.92. The van der Waals surface area contributed by atoms with Crippen molar-refractivity contribution < 1.29 is 9.18 Å². The fraction of sp³-hybridized carbons (Fsp3) is 0.188. The molecule has 1 amide bonds. The summed E-state index contributed by atoms with van der Waals surface area (Å²) in [6, 6.07) is 10.5. The van der Waals surface area contributed by atoms with E-state index in [1.807, 2.05) is 18.2 Å². The third-order valence-electron chi connectivity index (χ3n) is 3.78. The molecule has 1 heterocycles. The molecule has 0 radical (unpaired) electrons. The van der Waals surface area contributed by atoms with E-state index in [4.69, 9.17) is 5.73 Å². The zero-order chi connectivity index (χ0) is 15.0. The van der Waals surface area contributed by atoms with Crippen molar-refractivity contribution in [3.63, 3.8) is 0 Å². The van der Waals surface area contributed by atoms with Crippen molar-refractivity contribution in [1.29, 1.82) is 0 Å². The minimum atomic E-state index is -0.519. The molecule has 21 heavy (non-hydrogen) atoms. The van der Waals surface area contributed by atoms with E-state index >= 15 is 0 Å². The van der Waals surface area contributed by atoms with Gasteiger partial charge in [-0.15, -0.1) is 0 Å². The number of anilines is 1. The van der Waals surface area contributed by atoms with Gasteiger partial charge in [0.05, 0.1) is 10.0 Å². The highest BCUT2D eigenvalue weighted by Crippen LogP contribution is 2.26. The Bertz CT molecular complexity index is 717. The maximum atomic E-state index is 14.1. The average Bonchev–Trinajstić information content (AvgIpc) is 2.49. The number of rotatable bonds is 1. The predicted octanol–water partition coefficient (Wildman–Crippen LogP) is 3.37. The van der Waals surface area contributed by atoms with Crippen LogP contribution >= 0.6 is 15.9 Å². The molecule has 0 unspecified atom stereocenters. The molecule has 0 saturated heterocycles. The van der Waals surface area contributed by atoms with Gasteiger partial charge in [-0.25, -0.2) is 4.39 Å². The standard InChI is InChI=1S/C16H14BrFN2O/c17-13-5-2-4-11(15(13)18)16(21)20-8-7-10-3-1-6-14(19)12(10)9-20/h1-6H,7-9,19H2. The van der Waals surface area contributed by atoms with Crippen molar-refractivity contribution in [3.05, 3.63) is 63.4 Å². The number of nitrogens with zero attached hydrogens (tertiary/aromatic N) is 1. The van der Waals surface area contributed by atoms with Gasteiger partial charge in [-0.1, -0.05) is 18.2 Å². The van der Waals surface area contributed by atoms with Gasteiger partial charge in [0, 0.05) is 18.8 Å². The first-order valence-corrected chi connectivity index (χ1v) is 7.46. The first-order chi connectivity index (χ1) is 10.1. The number of carbonyl (C=O) groups is 1. The SMILES string of the molecule is Nc1cccc2c1CN(C(=O)c1cccc(Br)c1F)CC2. The lowest BCUT2D eigenvalue weighted by molar-refractivity contribution is 0.0730. The number of benzene rings is 2. The molecule has 5 heteroatoms. The van der Waals surface area contributed by atoms with Gasteiger partial charge < -0.3 is 10.6 Å². The number of carbonyl (C=O) groups excluding carboxylic acids is 1. The van der Waals surface area contributed by atoms with E-state index in [1.54, 1.807) is 17.0 Å². The smallest absolute Gasteiger partial charge is 0.257 e. The van der Waals surface area contributed by atoms with Gasteiger partial charge in [-0.2, -0.15) is 0 Å². The van der Waals surface area contributed by atoms with Gasteiger partial charge in [-0.05, 0) is 51.7 Å². The van der Waals surface area contributed by atoms with E-state index < -0.39 is 5.82 Å². The van der Waals surface area contributed by atoms with Gasteiger partial charge in [-0.3, -0.25) is 4.79 Å². The van der Waals surface area contributed by atoms with E-state index in [2.05, 4.69) is 15.9 Å². The van der Waals surface area contributed by atoms with Crippen molar-refractivity contribution in [2.45, 2.75) is 13.0 Å². The Morgan fingerprint density at radius 3 is 2.81 bits per heavy atom. The van der Waals surface area contributed by atoms with Crippen molar-refractivity contribution in [2.75, 3.05) is 12.3 Å². The predicted molar refractivity (Wildman–Crippen MR) is 83.4 cm³/mol. The summed E-state index contributed by atoms with van der Waals surface area (Å²) in [6.07, 6.45) is 0.738. The summed E-state index contributed by atoms with van der Waals surface area (Å²) in [6.45, 7) is 0.994. The topological polar surface area (TPSA) is 46.3 Å². The van der Waals surface area contributed by atoms with Crippen LogP contribution in [0, 0.1) is 5.82 Å². The monoisotopic (exact) mass is 348 g/mol. The summed E-state index contributed by atoms with van der Waals surface area (Å²) < 4.78 is 14.4. The number of hydrogen-bond donors (Lipinski definition) is 1. The van der Waals surface area contributed by atoms with Crippen LogP contribution in [0.3, 0.4) is 0 Å². The fourth-order valence-corrected chi connectivity index (χ4v) is 2.99. The average molecular weight is 349 g/mol. The Balaban J connectivity index is 1.91. The van der Waals surface area contributed by atoms with Crippen LogP contribution in [0.25, 0.3) is 0 Å². The minimum Gasteiger partial charge on any atom is -0.398 e. The van der Waals surface area contributed by atoms with E-state index in [-0.39, 0.29) is 11.5 Å². The third-order valence-corrected chi connectivity index (χ3v) is 4.39. The summed E-state index contributed by atoms with van der Waals surface area (Å²) in [5.74, 6) is -0.822. The second kappa shape index (κ2) is 5.48. The number of nitrogen functional groups attached to an aromatic ring is 1. The molecule has 2 aromatic carbocycles. The summed E-state index contributed by atoms with van der Waals surface area (Å²) in [7, 11) is 0. The quantitative estimate of drug-likeness (QED) is 0.803. The summed E-state index contributed by atoms with van der Waals surface area (Å²) >= 11 is 3.11. The Labute approximate surface area is 130 Å². The van der Waals surface area contributed by atoms with Crippen molar-refractivity contribution >= 4 is 27.5 Å². The number of nitrogens with two attached hydrogens (primary N) is 1. The molecular weight excluding hydrogens is 335 g/mol. The molecule has 0 saturated carbocycles. The van der Waals surface area contributed by atoms with Crippen LogP contribution in [0.15, 0.2) is 40.9 Å². The number of amides is 1. The number of hydrogen-bond acceptors (Lipinski definition) is 2. The van der Waals surface area contributed by atoms with Crippen LogP contribution in [-0.2, 0) is 13.0 Å². The Hall–Kier alpha value is -1.88. The zero-order valence-corrected chi connectivity index (χ0v) is 12.9. The lowest BCUT2D eigenvalue weighted by atomic mass is 9.97. The van der Waals surface area contributed by atoms with Gasteiger partial charge in [0.1, 0.15) is 5.82 Å². The van der Waals surface area contributed by atoms with E-state index in [0.29, 0.717) is 23.2 Å². The second-order valence-electron chi connectivity index (χ2n) is 5.06. The molecule has 0 bridgehead atoms. The highest BCUT2D eigenvalue weighted by Gasteiger charge is 2.25. The van der Waals surface area contributed by atoms with Crippen LogP contribution in [0.1, 0.15) is 21.5 Å². The molecule has 3 nitrogen and oxygen atoms in total. The van der Waals surface area contributed by atoms with Gasteiger partial charge >= 0.3 is 0 Å². The molecule has 1 aliphatic heterocycles.